The van der Waals surface area contributed by atoms with Gasteiger partial charge in [0.2, 0.25) is 0 Å². The summed E-state index contributed by atoms with van der Waals surface area (Å²) in [7, 11) is 0. The number of carbonyl (C=O) groups is 1. The summed E-state index contributed by atoms with van der Waals surface area (Å²) in [6, 6.07) is 7.32. The lowest BCUT2D eigenvalue weighted by atomic mass is 10.1. The van der Waals surface area contributed by atoms with E-state index in [0.29, 0.717) is 34.7 Å². The number of alkyl halides is 3. The van der Waals surface area contributed by atoms with Crippen LogP contribution in [0.4, 0.5) is 13.2 Å². The summed E-state index contributed by atoms with van der Waals surface area (Å²) in [6.07, 6.45) is -1.01. The maximum Gasteiger partial charge on any atom is 0.573 e. The first-order valence-corrected chi connectivity index (χ1v) is 8.35. The molecule has 1 amide bonds. The number of hydrogen-bond donors (Lipinski definition) is 0. The molecule has 8 heteroatoms. The number of carbonyl (C=O) groups excluding carboxylic acids is 1. The van der Waals surface area contributed by atoms with Crippen molar-refractivity contribution in [3.8, 4) is 11.8 Å². The normalized spacial score (nSPS) is 16.9. The molecule has 1 saturated heterocycles. The first-order chi connectivity index (χ1) is 12.7. The van der Waals surface area contributed by atoms with Crippen LogP contribution in [0.1, 0.15) is 18.4 Å². The summed E-state index contributed by atoms with van der Waals surface area (Å²) in [5.74, 6) is -0.536. The Labute approximate surface area is 159 Å². The molecule has 0 radical (unpaired) electrons. The van der Waals surface area contributed by atoms with Gasteiger partial charge in [-0.15, -0.1) is 13.2 Å². The van der Waals surface area contributed by atoms with Crippen molar-refractivity contribution in [3.05, 3.63) is 64.7 Å². The highest BCUT2D eigenvalue weighted by Gasteiger charge is 2.31. The number of nitriles is 1. The predicted molar refractivity (Wildman–Crippen MR) is 94.5 cm³/mol. The highest BCUT2D eigenvalue weighted by molar-refractivity contribution is 6.32. The van der Waals surface area contributed by atoms with Gasteiger partial charge in [0.15, 0.2) is 0 Å². The van der Waals surface area contributed by atoms with Crippen LogP contribution in [0.3, 0.4) is 0 Å². The second-order valence-electron chi connectivity index (χ2n) is 5.73. The minimum Gasteiger partial charge on any atom is -0.406 e. The molecule has 0 atom stereocenters. The van der Waals surface area contributed by atoms with Crippen molar-refractivity contribution in [3.63, 3.8) is 0 Å². The van der Waals surface area contributed by atoms with E-state index in [4.69, 9.17) is 16.9 Å². The summed E-state index contributed by atoms with van der Waals surface area (Å²) in [6.45, 7) is 4.22. The summed E-state index contributed by atoms with van der Waals surface area (Å²) in [4.78, 5) is 14.1. The Hall–Kier alpha value is -2.72. The molecule has 2 rings (SSSR count). The van der Waals surface area contributed by atoms with Gasteiger partial charge in [0.1, 0.15) is 5.75 Å². The number of allylic oxidation sites excluding steroid dienone is 4. The highest BCUT2D eigenvalue weighted by Crippen LogP contribution is 2.28. The van der Waals surface area contributed by atoms with Crippen LogP contribution in [-0.4, -0.2) is 23.7 Å². The molecule has 1 heterocycles. The topological polar surface area (TPSA) is 53.3 Å². The fourth-order valence-corrected chi connectivity index (χ4v) is 2.82. The molecule has 0 N–H and O–H groups in total. The van der Waals surface area contributed by atoms with Gasteiger partial charge in [0.25, 0.3) is 5.91 Å². The van der Waals surface area contributed by atoms with E-state index in [0.717, 1.165) is 0 Å². The van der Waals surface area contributed by atoms with Crippen molar-refractivity contribution in [1.82, 2.24) is 4.90 Å². The lowest BCUT2D eigenvalue weighted by Gasteiger charge is -2.16. The van der Waals surface area contributed by atoms with Crippen LogP contribution in [0.15, 0.2) is 59.2 Å². The number of ether oxygens (including phenoxy) is 1. The van der Waals surface area contributed by atoms with Crippen molar-refractivity contribution in [1.29, 1.82) is 5.26 Å². The summed E-state index contributed by atoms with van der Waals surface area (Å²) in [5.41, 5.74) is 1.53. The van der Waals surface area contributed by atoms with Crippen LogP contribution in [0, 0.1) is 11.3 Å². The van der Waals surface area contributed by atoms with Gasteiger partial charge in [-0.2, -0.15) is 5.26 Å². The van der Waals surface area contributed by atoms with E-state index in [-0.39, 0.29) is 24.6 Å². The van der Waals surface area contributed by atoms with Gasteiger partial charge in [-0.05, 0) is 24.1 Å². The quantitative estimate of drug-likeness (QED) is 0.393. The Morgan fingerprint density at radius 1 is 1.37 bits per heavy atom. The number of benzene rings is 1. The largest absolute Gasteiger partial charge is 0.573 e. The van der Waals surface area contributed by atoms with Crippen molar-refractivity contribution in [2.75, 3.05) is 6.54 Å². The van der Waals surface area contributed by atoms with Gasteiger partial charge >= 0.3 is 6.36 Å². The molecular weight excluding hydrogens is 381 g/mol. The van der Waals surface area contributed by atoms with Gasteiger partial charge in [-0.3, -0.25) is 4.79 Å². The minimum absolute atomic E-state index is 0.221. The number of rotatable bonds is 6. The van der Waals surface area contributed by atoms with Crippen molar-refractivity contribution >= 4 is 17.5 Å². The lowest BCUT2D eigenvalue weighted by molar-refractivity contribution is -0.274. The molecular formula is C19H16ClF3N2O2. The van der Waals surface area contributed by atoms with Crippen molar-refractivity contribution in [2.24, 2.45) is 0 Å². The number of halogens is 4. The van der Waals surface area contributed by atoms with Gasteiger partial charge in [-0.25, -0.2) is 0 Å². The van der Waals surface area contributed by atoms with Crippen LogP contribution < -0.4 is 4.74 Å². The average Bonchev–Trinajstić information content (AvgIpc) is 2.97. The molecule has 1 aliphatic rings. The van der Waals surface area contributed by atoms with Crippen molar-refractivity contribution in [2.45, 2.75) is 25.7 Å². The van der Waals surface area contributed by atoms with Crippen molar-refractivity contribution < 1.29 is 22.7 Å². The standard InChI is InChI=1S/C19H16ClF3N2O2/c1-2-13(11-24)5-8-17(20)16-9-10-25(18(16)26)12-14-3-6-15(7-4-14)27-19(21,22)23/h2-7H,1,8-10,12H2/b13-5+,17-16-. The van der Waals surface area contributed by atoms with Crippen LogP contribution in [0.25, 0.3) is 0 Å². The molecule has 1 aliphatic heterocycles. The zero-order valence-corrected chi connectivity index (χ0v) is 15.0. The second kappa shape index (κ2) is 8.78. The smallest absolute Gasteiger partial charge is 0.406 e. The second-order valence-corrected chi connectivity index (χ2v) is 6.19. The zero-order valence-electron chi connectivity index (χ0n) is 14.2. The molecule has 0 unspecified atom stereocenters. The lowest BCUT2D eigenvalue weighted by Crippen LogP contribution is -2.24. The third kappa shape index (κ3) is 5.90. The molecule has 0 bridgehead atoms. The fraction of sp³-hybridized carbons (Fsp3) is 0.263. The van der Waals surface area contributed by atoms with Gasteiger partial charge < -0.3 is 9.64 Å². The number of likely N-dealkylation sites (tertiary alicyclic amines) is 1. The Balaban J connectivity index is 2.02. The predicted octanol–water partition coefficient (Wildman–Crippen LogP) is 4.84. The fourth-order valence-electron chi connectivity index (χ4n) is 2.56. The molecule has 0 aromatic heterocycles. The molecule has 1 fully saturated rings. The highest BCUT2D eigenvalue weighted by atomic mass is 35.5. The van der Waals surface area contributed by atoms with E-state index in [1.54, 1.807) is 11.0 Å². The Kier molecular flexibility index (Phi) is 6.70. The van der Waals surface area contributed by atoms with Crippen LogP contribution in [-0.2, 0) is 11.3 Å². The van der Waals surface area contributed by atoms with E-state index in [1.165, 1.54) is 30.3 Å². The Morgan fingerprint density at radius 2 is 2.04 bits per heavy atom. The first-order valence-electron chi connectivity index (χ1n) is 7.97. The molecule has 0 aliphatic carbocycles. The van der Waals surface area contributed by atoms with E-state index >= 15 is 0 Å². The zero-order chi connectivity index (χ0) is 20.0. The maximum atomic E-state index is 12.5. The third-order valence-corrected chi connectivity index (χ3v) is 4.27. The SMILES string of the molecule is C=C/C(C#N)=C\C/C(Cl)=C1\CCN(Cc2ccc(OC(F)(F)F)cc2)C1=O. The van der Waals surface area contributed by atoms with E-state index in [1.807, 2.05) is 6.07 Å². The van der Waals surface area contributed by atoms with Crippen LogP contribution >= 0.6 is 11.6 Å². The minimum atomic E-state index is -4.74. The summed E-state index contributed by atoms with van der Waals surface area (Å²) >= 11 is 6.21. The molecule has 1 aromatic rings. The Morgan fingerprint density at radius 3 is 2.59 bits per heavy atom. The first kappa shape index (κ1) is 20.6. The summed E-state index contributed by atoms with van der Waals surface area (Å²) < 4.78 is 40.4. The molecule has 0 spiro atoms. The Bertz CT molecular complexity index is 821. The van der Waals surface area contributed by atoms with Gasteiger partial charge in [-0.1, -0.05) is 42.5 Å². The molecule has 1 aromatic carbocycles. The number of nitrogens with zero attached hydrogens (tertiary/aromatic N) is 2. The van der Waals surface area contributed by atoms with Crippen LogP contribution in [0.5, 0.6) is 5.75 Å². The monoisotopic (exact) mass is 396 g/mol. The van der Waals surface area contributed by atoms with E-state index < -0.39 is 6.36 Å². The van der Waals surface area contributed by atoms with Gasteiger partial charge in [0.05, 0.1) is 6.07 Å². The maximum absolute atomic E-state index is 12.5. The van der Waals surface area contributed by atoms with Crippen LogP contribution in [0.2, 0.25) is 0 Å². The van der Waals surface area contributed by atoms with E-state index in [2.05, 4.69) is 11.3 Å². The van der Waals surface area contributed by atoms with Gasteiger partial charge in [0, 0.05) is 35.7 Å². The number of amides is 1. The molecule has 4 nitrogen and oxygen atoms in total. The summed E-state index contributed by atoms with van der Waals surface area (Å²) in [5, 5.41) is 9.22. The van der Waals surface area contributed by atoms with E-state index in [9.17, 15) is 18.0 Å². The third-order valence-electron chi connectivity index (χ3n) is 3.89. The molecule has 27 heavy (non-hydrogen) atoms. The number of hydrogen-bond acceptors (Lipinski definition) is 3. The molecule has 142 valence electrons. The average molecular weight is 397 g/mol. The molecule has 0 saturated carbocycles.